The maximum Gasteiger partial charge on any atom is 0.332 e. The lowest BCUT2D eigenvalue weighted by Crippen LogP contribution is -2.35. The summed E-state index contributed by atoms with van der Waals surface area (Å²) in [6.07, 6.45) is 1.61. The van der Waals surface area contributed by atoms with Crippen LogP contribution in [0.5, 0.6) is 0 Å². The maximum absolute atomic E-state index is 10.7. The van der Waals surface area contributed by atoms with Gasteiger partial charge >= 0.3 is 5.97 Å². The van der Waals surface area contributed by atoms with Crippen LogP contribution in [0.4, 0.5) is 0 Å². The molecule has 11 heavy (non-hydrogen) atoms. The van der Waals surface area contributed by atoms with Gasteiger partial charge in [0.1, 0.15) is 0 Å². The van der Waals surface area contributed by atoms with E-state index in [-0.39, 0.29) is 5.91 Å². The van der Waals surface area contributed by atoms with Crippen molar-refractivity contribution in [1.29, 1.82) is 0 Å². The van der Waals surface area contributed by atoms with Gasteiger partial charge < -0.3 is 10.1 Å². The first-order chi connectivity index (χ1) is 5.22. The van der Waals surface area contributed by atoms with Crippen molar-refractivity contribution in [2.75, 3.05) is 6.61 Å². The summed E-state index contributed by atoms with van der Waals surface area (Å²) in [5, 5.41) is 2.45. The lowest BCUT2D eigenvalue weighted by Gasteiger charge is -2.16. The molecule has 0 aromatic carbocycles. The van der Waals surface area contributed by atoms with Gasteiger partial charge in [-0.1, -0.05) is 0 Å². The van der Waals surface area contributed by atoms with E-state index < -0.39 is 5.97 Å². The molecule has 0 radical (unpaired) electrons. The number of hydrogen-bond donors (Lipinski definition) is 1. The van der Waals surface area contributed by atoms with Crippen LogP contribution < -0.4 is 5.32 Å². The normalized spacial score (nSPS) is 19.0. The Kier molecular flexibility index (Phi) is 2.25. The third-order valence-corrected chi connectivity index (χ3v) is 1.23. The largest absolute Gasteiger partial charge is 0.463 e. The van der Waals surface area contributed by atoms with Crippen LogP contribution in [0, 0.1) is 0 Å². The average molecular weight is 155 g/mol. The minimum Gasteiger partial charge on any atom is -0.463 e. The zero-order valence-electron chi connectivity index (χ0n) is 6.22. The topological polar surface area (TPSA) is 55.4 Å². The van der Waals surface area contributed by atoms with Crippen LogP contribution >= 0.6 is 0 Å². The highest BCUT2D eigenvalue weighted by molar-refractivity contribution is 5.92. The Morgan fingerprint density at radius 3 is 2.91 bits per heavy atom. The lowest BCUT2D eigenvalue weighted by atomic mass is 10.2. The van der Waals surface area contributed by atoms with Crippen molar-refractivity contribution in [3.05, 3.63) is 11.8 Å². The molecule has 4 heteroatoms. The van der Waals surface area contributed by atoms with E-state index >= 15 is 0 Å². The molecule has 1 amide bonds. The number of esters is 1. The van der Waals surface area contributed by atoms with E-state index in [2.05, 4.69) is 10.1 Å². The molecule has 1 heterocycles. The number of nitrogens with one attached hydrogen (secondary N) is 1. The maximum atomic E-state index is 10.7. The van der Waals surface area contributed by atoms with Crippen LogP contribution in [-0.4, -0.2) is 18.5 Å². The van der Waals surface area contributed by atoms with Crippen LogP contribution in [0.2, 0.25) is 0 Å². The fourth-order valence-corrected chi connectivity index (χ4v) is 0.747. The molecule has 1 saturated heterocycles. The molecule has 0 bridgehead atoms. The molecule has 0 aliphatic carbocycles. The number of β-lactam (4-membered cyclic amide) rings is 1. The van der Waals surface area contributed by atoms with Crippen molar-refractivity contribution < 1.29 is 14.3 Å². The monoisotopic (exact) mass is 155 g/mol. The number of amides is 1. The van der Waals surface area contributed by atoms with Crippen molar-refractivity contribution in [1.82, 2.24) is 5.32 Å². The summed E-state index contributed by atoms with van der Waals surface area (Å²) >= 11 is 0. The van der Waals surface area contributed by atoms with Crippen LogP contribution in [0.25, 0.3) is 0 Å². The summed E-state index contributed by atoms with van der Waals surface area (Å²) in [6, 6.07) is 0. The highest BCUT2D eigenvalue weighted by Gasteiger charge is 2.18. The molecule has 1 aliphatic rings. The smallest absolute Gasteiger partial charge is 0.332 e. The van der Waals surface area contributed by atoms with Gasteiger partial charge in [-0.25, -0.2) is 4.79 Å². The molecule has 0 saturated carbocycles. The van der Waals surface area contributed by atoms with Gasteiger partial charge in [-0.15, -0.1) is 0 Å². The first kappa shape index (κ1) is 7.78. The van der Waals surface area contributed by atoms with E-state index in [1.807, 2.05) is 0 Å². The van der Waals surface area contributed by atoms with Gasteiger partial charge in [-0.2, -0.15) is 0 Å². The van der Waals surface area contributed by atoms with Crippen molar-refractivity contribution in [3.63, 3.8) is 0 Å². The van der Waals surface area contributed by atoms with E-state index in [0.717, 1.165) is 0 Å². The van der Waals surface area contributed by atoms with E-state index in [9.17, 15) is 9.59 Å². The van der Waals surface area contributed by atoms with Crippen LogP contribution in [0.1, 0.15) is 13.3 Å². The molecule has 0 spiro atoms. The van der Waals surface area contributed by atoms with Gasteiger partial charge in [0.25, 0.3) is 0 Å². The highest BCUT2D eigenvalue weighted by Crippen LogP contribution is 2.07. The summed E-state index contributed by atoms with van der Waals surface area (Å²) in [6.45, 7) is 2.09. The predicted octanol–water partition coefficient (Wildman–Crippen LogP) is -0.0467. The molecule has 1 aliphatic heterocycles. The van der Waals surface area contributed by atoms with Gasteiger partial charge in [-0.3, -0.25) is 4.79 Å². The highest BCUT2D eigenvalue weighted by atomic mass is 16.5. The van der Waals surface area contributed by atoms with E-state index in [0.29, 0.717) is 18.7 Å². The van der Waals surface area contributed by atoms with Crippen LogP contribution in [0.3, 0.4) is 0 Å². The van der Waals surface area contributed by atoms with Crippen molar-refractivity contribution in [2.24, 2.45) is 0 Å². The van der Waals surface area contributed by atoms with Gasteiger partial charge in [0.2, 0.25) is 5.91 Å². The standard InChI is InChI=1S/C7H9NO3/c1-2-11-7(10)4-5-3-6(9)8-5/h4H,2-3H2,1H3,(H,8,9)/b5-4-. The fourth-order valence-electron chi connectivity index (χ4n) is 0.747. The van der Waals surface area contributed by atoms with Crippen molar-refractivity contribution in [3.8, 4) is 0 Å². The molecule has 0 atom stereocenters. The SMILES string of the molecule is CCOC(=O)/C=C1/CC(=O)N1. The lowest BCUT2D eigenvalue weighted by molar-refractivity contribution is -0.137. The second-order valence-electron chi connectivity index (χ2n) is 2.15. The molecule has 4 nitrogen and oxygen atoms in total. The Balaban J connectivity index is 2.34. The Hall–Kier alpha value is -1.32. The predicted molar refractivity (Wildman–Crippen MR) is 37.5 cm³/mol. The molecular weight excluding hydrogens is 146 g/mol. The van der Waals surface area contributed by atoms with Gasteiger partial charge in [0.15, 0.2) is 0 Å². The Bertz CT molecular complexity index is 210. The van der Waals surface area contributed by atoms with Gasteiger partial charge in [0, 0.05) is 11.8 Å². The summed E-state index contributed by atoms with van der Waals surface area (Å²) in [5.41, 5.74) is 0.633. The molecule has 60 valence electrons. The molecular formula is C7H9NO3. The zero-order valence-corrected chi connectivity index (χ0v) is 6.22. The Morgan fingerprint density at radius 1 is 1.82 bits per heavy atom. The van der Waals surface area contributed by atoms with Gasteiger partial charge in [0.05, 0.1) is 13.0 Å². The second kappa shape index (κ2) is 3.18. The minimum absolute atomic E-state index is 0.0550. The van der Waals surface area contributed by atoms with Crippen LogP contribution in [-0.2, 0) is 14.3 Å². The summed E-state index contributed by atoms with van der Waals surface area (Å²) in [5.74, 6) is -0.456. The molecule has 1 fully saturated rings. The zero-order chi connectivity index (χ0) is 8.27. The van der Waals surface area contributed by atoms with Crippen molar-refractivity contribution >= 4 is 11.9 Å². The molecule has 1 rings (SSSR count). The quantitative estimate of drug-likeness (QED) is 0.345. The van der Waals surface area contributed by atoms with E-state index in [1.54, 1.807) is 6.92 Å². The molecule has 1 N–H and O–H groups in total. The molecule has 0 unspecified atom stereocenters. The van der Waals surface area contributed by atoms with Gasteiger partial charge in [-0.05, 0) is 6.92 Å². The Morgan fingerprint density at radius 2 is 2.45 bits per heavy atom. The van der Waals surface area contributed by atoms with Crippen LogP contribution in [0.15, 0.2) is 11.8 Å². The third-order valence-electron chi connectivity index (χ3n) is 1.23. The molecule has 0 aromatic heterocycles. The average Bonchev–Trinajstić information content (AvgIpc) is 1.85. The second-order valence-corrected chi connectivity index (χ2v) is 2.15. The van der Waals surface area contributed by atoms with E-state index in [1.165, 1.54) is 6.08 Å². The number of carbonyl (C=O) groups excluding carboxylic acids is 2. The third kappa shape index (κ3) is 2.07. The molecule has 0 aromatic rings. The number of ether oxygens (including phenoxy) is 1. The Labute approximate surface area is 64.2 Å². The summed E-state index contributed by atoms with van der Waals surface area (Å²) in [7, 11) is 0. The van der Waals surface area contributed by atoms with E-state index in [4.69, 9.17) is 0 Å². The first-order valence-electron chi connectivity index (χ1n) is 3.39. The fraction of sp³-hybridized carbons (Fsp3) is 0.429. The van der Waals surface area contributed by atoms with Crippen molar-refractivity contribution in [2.45, 2.75) is 13.3 Å². The summed E-state index contributed by atoms with van der Waals surface area (Å²) in [4.78, 5) is 21.0. The number of hydrogen-bond acceptors (Lipinski definition) is 3. The number of carbonyl (C=O) groups is 2. The summed E-state index contributed by atoms with van der Waals surface area (Å²) < 4.78 is 4.62. The first-order valence-corrected chi connectivity index (χ1v) is 3.39. The number of rotatable bonds is 2. The minimum atomic E-state index is -0.400.